The van der Waals surface area contributed by atoms with Crippen LogP contribution in [0.2, 0.25) is 5.15 Å². The molecule has 0 aromatic carbocycles. The first-order chi connectivity index (χ1) is 5.66. The van der Waals surface area contributed by atoms with Crippen molar-refractivity contribution in [2.75, 3.05) is 12.3 Å². The van der Waals surface area contributed by atoms with Gasteiger partial charge in [0.25, 0.3) is 0 Å². The van der Waals surface area contributed by atoms with Gasteiger partial charge in [-0.2, -0.15) is 5.10 Å². The van der Waals surface area contributed by atoms with Gasteiger partial charge in [0, 0.05) is 0 Å². The monoisotopic (exact) mass is 189 g/mol. The molecular weight excluding hydrogens is 182 g/mol. The van der Waals surface area contributed by atoms with Crippen LogP contribution < -0.4 is 5.73 Å². The minimum Gasteiger partial charge on any atom is -0.461 e. The number of rotatable bonds is 2. The summed E-state index contributed by atoms with van der Waals surface area (Å²) in [5.41, 5.74) is 5.56. The molecule has 0 aliphatic carbocycles. The van der Waals surface area contributed by atoms with Gasteiger partial charge in [-0.3, -0.25) is 5.10 Å². The number of halogens is 1. The molecule has 0 aliphatic rings. The second kappa shape index (κ2) is 3.44. The van der Waals surface area contributed by atoms with E-state index in [1.807, 2.05) is 0 Å². The number of nitrogen functional groups attached to an aromatic ring is 1. The molecule has 5 nitrogen and oxygen atoms in total. The Bertz CT molecular complexity index is 297. The zero-order chi connectivity index (χ0) is 9.14. The van der Waals surface area contributed by atoms with Gasteiger partial charge < -0.3 is 10.5 Å². The molecule has 12 heavy (non-hydrogen) atoms. The number of ether oxygens (including phenoxy) is 1. The summed E-state index contributed by atoms with van der Waals surface area (Å²) in [6.07, 6.45) is 0. The Morgan fingerprint density at radius 2 is 2.50 bits per heavy atom. The topological polar surface area (TPSA) is 81.0 Å². The van der Waals surface area contributed by atoms with Crippen LogP contribution in [-0.4, -0.2) is 22.8 Å². The van der Waals surface area contributed by atoms with E-state index in [4.69, 9.17) is 17.3 Å². The number of nitrogens with one attached hydrogen (secondary N) is 1. The standard InChI is InChI=1S/C6H8ClN3O2/c1-2-12-6(11)4-3(8)5(7)10-9-4/h2,8H2,1H3,(H,9,10). The Morgan fingerprint density at radius 1 is 1.83 bits per heavy atom. The van der Waals surface area contributed by atoms with Crippen LogP contribution in [0.1, 0.15) is 17.4 Å². The maximum absolute atomic E-state index is 11.0. The van der Waals surface area contributed by atoms with Crippen molar-refractivity contribution in [1.29, 1.82) is 0 Å². The predicted octanol–water partition coefficient (Wildman–Crippen LogP) is 0.822. The predicted molar refractivity (Wildman–Crippen MR) is 44.0 cm³/mol. The van der Waals surface area contributed by atoms with Crippen LogP contribution in [-0.2, 0) is 4.74 Å². The molecule has 0 amide bonds. The molecule has 1 aromatic heterocycles. The van der Waals surface area contributed by atoms with Crippen molar-refractivity contribution in [1.82, 2.24) is 10.2 Å². The Morgan fingerprint density at radius 3 is 2.92 bits per heavy atom. The number of nitrogens with two attached hydrogens (primary N) is 1. The number of anilines is 1. The van der Waals surface area contributed by atoms with E-state index in [2.05, 4.69) is 14.9 Å². The molecule has 0 spiro atoms. The fraction of sp³-hybridized carbons (Fsp3) is 0.333. The van der Waals surface area contributed by atoms with Crippen LogP contribution in [0.4, 0.5) is 5.69 Å². The summed E-state index contributed by atoms with van der Waals surface area (Å²) < 4.78 is 4.66. The van der Waals surface area contributed by atoms with Gasteiger partial charge in [0.15, 0.2) is 5.69 Å². The molecule has 66 valence electrons. The smallest absolute Gasteiger partial charge is 0.361 e. The average molecular weight is 190 g/mol. The van der Waals surface area contributed by atoms with Crippen molar-refractivity contribution in [2.24, 2.45) is 0 Å². The average Bonchev–Trinajstić information content (AvgIpc) is 2.34. The van der Waals surface area contributed by atoms with E-state index >= 15 is 0 Å². The molecule has 0 saturated heterocycles. The van der Waals surface area contributed by atoms with Crippen LogP contribution >= 0.6 is 11.6 Å². The summed E-state index contributed by atoms with van der Waals surface area (Å²) in [5, 5.41) is 6.09. The SMILES string of the molecule is CCOC(=O)c1n[nH]c(Cl)c1N. The molecule has 6 heteroatoms. The molecule has 1 heterocycles. The quantitative estimate of drug-likeness (QED) is 0.675. The number of hydrogen-bond donors (Lipinski definition) is 2. The molecule has 0 atom stereocenters. The number of esters is 1. The summed E-state index contributed by atoms with van der Waals surface area (Å²) in [6, 6.07) is 0. The lowest BCUT2D eigenvalue weighted by molar-refractivity contribution is 0.0520. The summed E-state index contributed by atoms with van der Waals surface area (Å²) in [6.45, 7) is 1.98. The molecule has 0 radical (unpaired) electrons. The molecule has 1 rings (SSSR count). The van der Waals surface area contributed by atoms with Gasteiger partial charge in [-0.25, -0.2) is 4.79 Å². The van der Waals surface area contributed by atoms with Crippen molar-refractivity contribution in [3.8, 4) is 0 Å². The van der Waals surface area contributed by atoms with Crippen molar-refractivity contribution in [2.45, 2.75) is 6.92 Å². The van der Waals surface area contributed by atoms with E-state index in [1.165, 1.54) is 0 Å². The molecule has 0 aliphatic heterocycles. The molecular formula is C6H8ClN3O2. The summed E-state index contributed by atoms with van der Waals surface area (Å²) >= 11 is 5.52. The summed E-state index contributed by atoms with van der Waals surface area (Å²) in [7, 11) is 0. The van der Waals surface area contributed by atoms with Gasteiger partial charge in [-0.1, -0.05) is 11.6 Å². The summed E-state index contributed by atoms with van der Waals surface area (Å²) in [4.78, 5) is 11.0. The lowest BCUT2D eigenvalue weighted by Gasteiger charge is -1.97. The van der Waals surface area contributed by atoms with Crippen LogP contribution in [0.25, 0.3) is 0 Å². The molecule has 0 unspecified atom stereocenters. The third-order valence-corrected chi connectivity index (χ3v) is 1.51. The van der Waals surface area contributed by atoms with Crippen LogP contribution in [0.15, 0.2) is 0 Å². The Hall–Kier alpha value is -1.23. The fourth-order valence-corrected chi connectivity index (χ4v) is 0.816. The normalized spacial score (nSPS) is 9.83. The first-order valence-corrected chi connectivity index (χ1v) is 3.71. The highest BCUT2D eigenvalue weighted by Crippen LogP contribution is 2.19. The van der Waals surface area contributed by atoms with E-state index < -0.39 is 5.97 Å². The number of carbonyl (C=O) groups is 1. The van der Waals surface area contributed by atoms with Gasteiger partial charge in [0.2, 0.25) is 0 Å². The molecule has 0 fully saturated rings. The molecule has 0 bridgehead atoms. The maximum Gasteiger partial charge on any atom is 0.361 e. The highest BCUT2D eigenvalue weighted by atomic mass is 35.5. The largest absolute Gasteiger partial charge is 0.461 e. The van der Waals surface area contributed by atoms with E-state index in [1.54, 1.807) is 6.92 Å². The van der Waals surface area contributed by atoms with Crippen molar-refractivity contribution >= 4 is 23.3 Å². The summed E-state index contributed by atoms with van der Waals surface area (Å²) in [5.74, 6) is -0.571. The van der Waals surface area contributed by atoms with E-state index in [0.717, 1.165) is 0 Å². The number of aromatic amines is 1. The van der Waals surface area contributed by atoms with E-state index in [-0.39, 0.29) is 23.1 Å². The Labute approximate surface area is 73.8 Å². The van der Waals surface area contributed by atoms with E-state index in [9.17, 15) is 4.79 Å². The number of H-pyrrole nitrogens is 1. The first-order valence-electron chi connectivity index (χ1n) is 3.33. The maximum atomic E-state index is 11.0. The first kappa shape index (κ1) is 8.86. The van der Waals surface area contributed by atoms with Gasteiger partial charge in [-0.15, -0.1) is 0 Å². The zero-order valence-corrected chi connectivity index (χ0v) is 7.18. The second-order valence-corrected chi connectivity index (χ2v) is 2.40. The van der Waals surface area contributed by atoms with Crippen molar-refractivity contribution in [3.63, 3.8) is 0 Å². The highest BCUT2D eigenvalue weighted by Gasteiger charge is 2.16. The minimum absolute atomic E-state index is 0.0295. The Kier molecular flexibility index (Phi) is 2.54. The van der Waals surface area contributed by atoms with Gasteiger partial charge in [0.1, 0.15) is 10.8 Å². The lowest BCUT2D eigenvalue weighted by Crippen LogP contribution is -2.07. The number of aromatic nitrogens is 2. The van der Waals surface area contributed by atoms with E-state index in [0.29, 0.717) is 0 Å². The number of nitrogens with zero attached hydrogens (tertiary/aromatic N) is 1. The molecule has 3 N–H and O–H groups in total. The van der Waals surface area contributed by atoms with Crippen molar-refractivity contribution < 1.29 is 9.53 Å². The second-order valence-electron chi connectivity index (χ2n) is 2.02. The van der Waals surface area contributed by atoms with Gasteiger partial charge in [-0.05, 0) is 6.92 Å². The minimum atomic E-state index is -0.571. The van der Waals surface area contributed by atoms with Crippen LogP contribution in [0.3, 0.4) is 0 Å². The number of hydrogen-bond acceptors (Lipinski definition) is 4. The van der Waals surface area contributed by atoms with Gasteiger partial charge >= 0.3 is 5.97 Å². The third-order valence-electron chi connectivity index (χ3n) is 1.23. The Balaban J connectivity index is 2.88. The van der Waals surface area contributed by atoms with Crippen LogP contribution in [0.5, 0.6) is 0 Å². The fourth-order valence-electron chi connectivity index (χ4n) is 0.684. The van der Waals surface area contributed by atoms with Gasteiger partial charge in [0.05, 0.1) is 6.61 Å². The molecule has 0 saturated carbocycles. The highest BCUT2D eigenvalue weighted by molar-refractivity contribution is 6.32. The zero-order valence-electron chi connectivity index (χ0n) is 6.43. The third kappa shape index (κ3) is 1.50. The van der Waals surface area contributed by atoms with Crippen molar-refractivity contribution in [3.05, 3.63) is 10.8 Å². The van der Waals surface area contributed by atoms with Crippen LogP contribution in [0, 0.1) is 0 Å². The lowest BCUT2D eigenvalue weighted by atomic mass is 10.4. The number of carbonyl (C=O) groups excluding carboxylic acids is 1. The molecule has 1 aromatic rings.